The number of ether oxygens (including phenoxy) is 2. The molecule has 0 aliphatic rings. The van der Waals surface area contributed by atoms with Crippen molar-refractivity contribution in [1.82, 2.24) is 15.5 Å². The molecule has 6 nitrogen and oxygen atoms in total. The monoisotopic (exact) mass is 544 g/mol. The first-order valence-electron chi connectivity index (χ1n) is 10.3. The highest BCUT2D eigenvalue weighted by Gasteiger charge is 2.02. The highest BCUT2D eigenvalue weighted by atomic mass is 127. The van der Waals surface area contributed by atoms with Crippen LogP contribution in [0.1, 0.15) is 18.1 Å². The molecule has 0 radical (unpaired) electrons. The van der Waals surface area contributed by atoms with E-state index in [0.717, 1.165) is 36.5 Å². The van der Waals surface area contributed by atoms with Crippen LogP contribution in [0.2, 0.25) is 0 Å². The second-order valence-electron chi connectivity index (χ2n) is 6.97. The molecule has 0 aliphatic carbocycles. The van der Waals surface area contributed by atoms with Crippen LogP contribution in [0.15, 0.2) is 53.5 Å². The van der Waals surface area contributed by atoms with Gasteiger partial charge in [-0.1, -0.05) is 24.3 Å². The first kappa shape index (κ1) is 27.1. The smallest absolute Gasteiger partial charge is 0.191 e. The molecule has 0 heterocycles. The van der Waals surface area contributed by atoms with Gasteiger partial charge in [0.15, 0.2) is 5.96 Å². The lowest BCUT2D eigenvalue weighted by atomic mass is 10.2. The van der Waals surface area contributed by atoms with Crippen LogP contribution in [0.25, 0.3) is 0 Å². The fourth-order valence-electron chi connectivity index (χ4n) is 2.71. The fraction of sp³-hybridized carbons (Fsp3) is 0.435. The molecule has 0 aromatic heterocycles. The van der Waals surface area contributed by atoms with E-state index in [1.54, 1.807) is 19.2 Å². The molecule has 0 saturated carbocycles. The van der Waals surface area contributed by atoms with Gasteiger partial charge in [0.1, 0.15) is 18.2 Å². The zero-order valence-corrected chi connectivity index (χ0v) is 20.9. The molecule has 0 saturated heterocycles. The Morgan fingerprint density at radius 3 is 2.48 bits per heavy atom. The molecule has 0 spiro atoms. The molecule has 0 fully saturated rings. The van der Waals surface area contributed by atoms with Gasteiger partial charge >= 0.3 is 0 Å². The molecule has 2 aromatic carbocycles. The maximum absolute atomic E-state index is 13.0. The first-order chi connectivity index (χ1) is 14.6. The number of halogens is 2. The predicted molar refractivity (Wildman–Crippen MR) is 135 cm³/mol. The number of benzene rings is 2. The maximum Gasteiger partial charge on any atom is 0.191 e. The van der Waals surface area contributed by atoms with E-state index < -0.39 is 0 Å². The highest BCUT2D eigenvalue weighted by molar-refractivity contribution is 14.0. The summed E-state index contributed by atoms with van der Waals surface area (Å²) < 4.78 is 24.0. The first-order valence-corrected chi connectivity index (χ1v) is 10.3. The minimum Gasteiger partial charge on any atom is -0.492 e. The van der Waals surface area contributed by atoms with Gasteiger partial charge in [0.2, 0.25) is 0 Å². The second kappa shape index (κ2) is 15.8. The van der Waals surface area contributed by atoms with Crippen LogP contribution in [-0.2, 0) is 17.8 Å². The Kier molecular flexibility index (Phi) is 13.8. The van der Waals surface area contributed by atoms with E-state index in [9.17, 15) is 4.39 Å². The summed E-state index contributed by atoms with van der Waals surface area (Å²) in [6.45, 7) is 6.94. The Morgan fingerprint density at radius 2 is 1.77 bits per heavy atom. The standard InChI is InChI=1S/C23H33FN4O2.HI/c1-4-25-23(26-17-19-8-10-21(24)11-9-19)27-18-20-6-5-7-22(16-20)30-15-13-28(2)12-14-29-3;/h5-11,16H,4,12-15,17-18H2,1-3H3,(H2,25,26,27);1H. The third kappa shape index (κ3) is 11.3. The number of hydrogen-bond donors (Lipinski definition) is 2. The van der Waals surface area contributed by atoms with Gasteiger partial charge in [0.05, 0.1) is 13.2 Å². The fourth-order valence-corrected chi connectivity index (χ4v) is 2.71. The SMILES string of the molecule is CCNC(=NCc1cccc(OCCN(C)CCOC)c1)NCc1ccc(F)cc1.I. The van der Waals surface area contributed by atoms with Crippen molar-refractivity contribution in [2.24, 2.45) is 4.99 Å². The molecule has 172 valence electrons. The quantitative estimate of drug-likeness (QED) is 0.243. The molecule has 2 aromatic rings. The summed E-state index contributed by atoms with van der Waals surface area (Å²) in [6, 6.07) is 14.4. The third-order valence-electron chi connectivity index (χ3n) is 4.45. The number of hydrogen-bond acceptors (Lipinski definition) is 4. The van der Waals surface area contributed by atoms with Crippen molar-refractivity contribution in [2.45, 2.75) is 20.0 Å². The van der Waals surface area contributed by atoms with E-state index in [1.807, 2.05) is 31.2 Å². The van der Waals surface area contributed by atoms with Gasteiger partial charge in [-0.2, -0.15) is 0 Å². The lowest BCUT2D eigenvalue weighted by molar-refractivity contribution is 0.150. The molecule has 0 atom stereocenters. The Hall–Kier alpha value is -1.91. The molecule has 0 aliphatic heterocycles. The average molecular weight is 544 g/mol. The average Bonchev–Trinajstić information content (AvgIpc) is 2.75. The number of rotatable bonds is 12. The van der Waals surface area contributed by atoms with E-state index in [0.29, 0.717) is 32.3 Å². The van der Waals surface area contributed by atoms with E-state index in [2.05, 4.69) is 27.6 Å². The van der Waals surface area contributed by atoms with E-state index in [4.69, 9.17) is 9.47 Å². The number of nitrogens with zero attached hydrogens (tertiary/aromatic N) is 2. The number of methoxy groups -OCH3 is 1. The Balaban J connectivity index is 0.00000480. The van der Waals surface area contributed by atoms with Crippen LogP contribution < -0.4 is 15.4 Å². The normalized spacial score (nSPS) is 11.2. The van der Waals surface area contributed by atoms with Crippen LogP contribution in [-0.4, -0.2) is 57.9 Å². The van der Waals surface area contributed by atoms with Gasteiger partial charge in [0.25, 0.3) is 0 Å². The van der Waals surface area contributed by atoms with E-state index >= 15 is 0 Å². The largest absolute Gasteiger partial charge is 0.492 e. The Bertz CT molecular complexity index is 774. The summed E-state index contributed by atoms with van der Waals surface area (Å²) in [7, 11) is 3.76. The lowest BCUT2D eigenvalue weighted by Crippen LogP contribution is -2.36. The van der Waals surface area contributed by atoms with Gasteiger partial charge in [-0.05, 0) is 49.4 Å². The number of nitrogens with one attached hydrogen (secondary N) is 2. The summed E-state index contributed by atoms with van der Waals surface area (Å²) in [4.78, 5) is 6.82. The van der Waals surface area contributed by atoms with Crippen molar-refractivity contribution < 1.29 is 13.9 Å². The summed E-state index contributed by atoms with van der Waals surface area (Å²) in [6.07, 6.45) is 0. The van der Waals surface area contributed by atoms with Gasteiger partial charge in [-0.15, -0.1) is 24.0 Å². The highest BCUT2D eigenvalue weighted by Crippen LogP contribution is 2.14. The van der Waals surface area contributed by atoms with Crippen molar-refractivity contribution >= 4 is 29.9 Å². The summed E-state index contributed by atoms with van der Waals surface area (Å²) in [5.74, 6) is 1.32. The molecule has 8 heteroatoms. The Morgan fingerprint density at radius 1 is 1.03 bits per heavy atom. The maximum atomic E-state index is 13.0. The molecule has 0 unspecified atom stereocenters. The van der Waals surface area contributed by atoms with Crippen LogP contribution in [0.3, 0.4) is 0 Å². The Labute approximate surface area is 202 Å². The summed E-state index contributed by atoms with van der Waals surface area (Å²) >= 11 is 0. The lowest BCUT2D eigenvalue weighted by Gasteiger charge is -2.16. The molecule has 0 bridgehead atoms. The van der Waals surface area contributed by atoms with E-state index in [1.165, 1.54) is 12.1 Å². The minimum atomic E-state index is -0.233. The van der Waals surface area contributed by atoms with Gasteiger partial charge in [0, 0.05) is 33.3 Å². The number of likely N-dealkylation sites (N-methyl/N-ethyl adjacent to an activating group) is 1. The van der Waals surface area contributed by atoms with Crippen LogP contribution in [0.5, 0.6) is 5.75 Å². The molecule has 31 heavy (non-hydrogen) atoms. The van der Waals surface area contributed by atoms with Crippen LogP contribution in [0, 0.1) is 5.82 Å². The van der Waals surface area contributed by atoms with Crippen LogP contribution in [0.4, 0.5) is 4.39 Å². The predicted octanol–water partition coefficient (Wildman–Crippen LogP) is 3.66. The van der Waals surface area contributed by atoms with Gasteiger partial charge < -0.3 is 25.0 Å². The number of aliphatic imine (C=N–C) groups is 1. The zero-order valence-electron chi connectivity index (χ0n) is 18.6. The van der Waals surface area contributed by atoms with Crippen molar-refractivity contribution in [3.05, 3.63) is 65.5 Å². The van der Waals surface area contributed by atoms with Crippen molar-refractivity contribution in [2.75, 3.05) is 47.0 Å². The second-order valence-corrected chi connectivity index (χ2v) is 6.97. The topological polar surface area (TPSA) is 58.1 Å². The molecule has 2 rings (SSSR count). The van der Waals surface area contributed by atoms with Gasteiger partial charge in [-0.25, -0.2) is 9.38 Å². The molecule has 0 amide bonds. The van der Waals surface area contributed by atoms with Gasteiger partial charge in [-0.3, -0.25) is 0 Å². The van der Waals surface area contributed by atoms with Crippen molar-refractivity contribution in [3.8, 4) is 5.75 Å². The third-order valence-corrected chi connectivity index (χ3v) is 4.45. The summed E-state index contributed by atoms with van der Waals surface area (Å²) in [5, 5.41) is 6.50. The minimum absolute atomic E-state index is 0. The van der Waals surface area contributed by atoms with Crippen LogP contribution >= 0.6 is 24.0 Å². The summed E-state index contributed by atoms with van der Waals surface area (Å²) in [5.41, 5.74) is 2.06. The molecule has 2 N–H and O–H groups in total. The number of guanidine groups is 1. The van der Waals surface area contributed by atoms with E-state index in [-0.39, 0.29) is 29.8 Å². The van der Waals surface area contributed by atoms with Crippen molar-refractivity contribution in [3.63, 3.8) is 0 Å². The van der Waals surface area contributed by atoms with Crippen molar-refractivity contribution in [1.29, 1.82) is 0 Å². The molecular weight excluding hydrogens is 510 g/mol. The zero-order chi connectivity index (χ0) is 21.6. The molecular formula is C23H34FIN4O2.